The minimum Gasteiger partial charge on any atom is -0.336 e. The molecule has 1 N–H and O–H groups in total. The van der Waals surface area contributed by atoms with Crippen LogP contribution in [0.4, 0.5) is 4.39 Å². The number of amides is 1. The van der Waals surface area contributed by atoms with Crippen LogP contribution in [0, 0.1) is 11.7 Å². The second-order valence-electron chi connectivity index (χ2n) is 9.29. The van der Waals surface area contributed by atoms with Gasteiger partial charge in [-0.05, 0) is 86.0 Å². The van der Waals surface area contributed by atoms with E-state index in [1.807, 2.05) is 17.0 Å². The molecule has 1 atom stereocenters. The van der Waals surface area contributed by atoms with Gasteiger partial charge in [0.2, 0.25) is 0 Å². The fourth-order valence-corrected chi connectivity index (χ4v) is 6.33. The molecule has 3 nitrogen and oxygen atoms in total. The summed E-state index contributed by atoms with van der Waals surface area (Å²) in [6.07, 6.45) is 4.93. The summed E-state index contributed by atoms with van der Waals surface area (Å²) in [6, 6.07) is 9.38. The van der Waals surface area contributed by atoms with Crippen LogP contribution in [0.2, 0.25) is 5.02 Å². The maximum atomic E-state index is 15.0. The van der Waals surface area contributed by atoms with Gasteiger partial charge in [-0.2, -0.15) is 0 Å². The second-order valence-corrected chi connectivity index (χ2v) is 10.7. The Bertz CT molecular complexity index is 981. The quantitative estimate of drug-likeness (QED) is 0.512. The maximum absolute atomic E-state index is 15.0. The monoisotopic (exact) mass is 474 g/mol. The largest absolute Gasteiger partial charge is 0.336 e. The molecule has 0 spiro atoms. The molecule has 2 heterocycles. The lowest BCUT2D eigenvalue weighted by Gasteiger charge is -2.26. The van der Waals surface area contributed by atoms with Crippen molar-refractivity contribution >= 4 is 29.3 Å². The van der Waals surface area contributed by atoms with Gasteiger partial charge in [0.15, 0.2) is 0 Å². The van der Waals surface area contributed by atoms with Crippen molar-refractivity contribution in [3.63, 3.8) is 0 Å². The molecule has 2 aliphatic heterocycles. The van der Waals surface area contributed by atoms with Crippen LogP contribution in [0.5, 0.6) is 0 Å². The highest BCUT2D eigenvalue weighted by atomic mass is 35.5. The lowest BCUT2D eigenvalue weighted by molar-refractivity contribution is 0.0717. The molecule has 0 bridgehead atoms. The fraction of sp³-hybridized carbons (Fsp3) is 0.500. The number of likely N-dealkylation sites (tertiary alicyclic amines) is 1. The molecule has 0 radical (unpaired) electrons. The summed E-state index contributed by atoms with van der Waals surface area (Å²) in [5.41, 5.74) is 3.71. The molecule has 0 aromatic heterocycles. The predicted octanol–water partition coefficient (Wildman–Crippen LogP) is 6.11. The predicted molar refractivity (Wildman–Crippen MR) is 131 cm³/mol. The molecule has 32 heavy (non-hydrogen) atoms. The minimum absolute atomic E-state index is 0.172. The van der Waals surface area contributed by atoms with Crippen molar-refractivity contribution in [1.29, 1.82) is 0 Å². The first-order valence-corrected chi connectivity index (χ1v) is 13.0. The summed E-state index contributed by atoms with van der Waals surface area (Å²) in [5.74, 6) is 0.543. The third-order valence-corrected chi connectivity index (χ3v) is 8.12. The highest BCUT2D eigenvalue weighted by Crippen LogP contribution is 2.36. The topological polar surface area (TPSA) is 32.3 Å². The molecule has 1 saturated heterocycles. The lowest BCUT2D eigenvalue weighted by atomic mass is 10.0. The molecule has 1 amide bonds. The Morgan fingerprint density at radius 1 is 1.25 bits per heavy atom. The van der Waals surface area contributed by atoms with Gasteiger partial charge in [0, 0.05) is 23.2 Å². The van der Waals surface area contributed by atoms with Crippen LogP contribution in [-0.4, -0.2) is 36.5 Å². The van der Waals surface area contributed by atoms with Crippen LogP contribution in [0.15, 0.2) is 35.2 Å². The highest BCUT2D eigenvalue weighted by Gasteiger charge is 2.31. The van der Waals surface area contributed by atoms with Gasteiger partial charge in [0.1, 0.15) is 5.82 Å². The molecular weight excluding hydrogens is 443 g/mol. The number of nitrogens with zero attached hydrogens (tertiary/aromatic N) is 1. The minimum atomic E-state index is -0.425. The van der Waals surface area contributed by atoms with E-state index in [9.17, 15) is 9.18 Å². The molecule has 172 valence electrons. The van der Waals surface area contributed by atoms with Gasteiger partial charge in [0.25, 0.3) is 5.91 Å². The van der Waals surface area contributed by atoms with Crippen molar-refractivity contribution in [3.8, 4) is 0 Å². The number of fused-ring (bicyclic) bond motifs is 1. The van der Waals surface area contributed by atoms with Gasteiger partial charge < -0.3 is 10.2 Å². The molecular formula is C26H32ClFN2OS. The number of hydrogen-bond acceptors (Lipinski definition) is 3. The van der Waals surface area contributed by atoms with E-state index in [4.69, 9.17) is 11.6 Å². The Morgan fingerprint density at radius 2 is 2.06 bits per heavy atom. The summed E-state index contributed by atoms with van der Waals surface area (Å²) in [4.78, 5) is 16.0. The van der Waals surface area contributed by atoms with Crippen LogP contribution in [-0.2, 0) is 18.6 Å². The molecule has 0 aliphatic carbocycles. The van der Waals surface area contributed by atoms with Gasteiger partial charge in [-0.1, -0.05) is 37.6 Å². The third-order valence-electron chi connectivity index (χ3n) is 6.46. The number of nitrogens with one attached hydrogen (secondary N) is 1. The Hall–Kier alpha value is -1.56. The van der Waals surface area contributed by atoms with E-state index < -0.39 is 5.82 Å². The summed E-state index contributed by atoms with van der Waals surface area (Å²) < 4.78 is 15.0. The lowest BCUT2D eigenvalue weighted by Crippen LogP contribution is -2.36. The van der Waals surface area contributed by atoms with E-state index >= 15 is 0 Å². The van der Waals surface area contributed by atoms with Crippen molar-refractivity contribution in [1.82, 2.24) is 10.2 Å². The van der Waals surface area contributed by atoms with Crippen molar-refractivity contribution in [2.45, 2.75) is 62.6 Å². The normalized spacial score (nSPS) is 18.7. The van der Waals surface area contributed by atoms with Crippen molar-refractivity contribution in [2.75, 3.05) is 19.6 Å². The summed E-state index contributed by atoms with van der Waals surface area (Å²) in [6.45, 7) is 6.99. The van der Waals surface area contributed by atoms with E-state index in [0.717, 1.165) is 67.2 Å². The average Bonchev–Trinajstić information content (AvgIpc) is 3.07. The first-order chi connectivity index (χ1) is 15.4. The van der Waals surface area contributed by atoms with E-state index in [1.165, 1.54) is 17.2 Å². The zero-order valence-electron chi connectivity index (χ0n) is 18.9. The van der Waals surface area contributed by atoms with Gasteiger partial charge >= 0.3 is 0 Å². The Balaban J connectivity index is 1.47. The van der Waals surface area contributed by atoms with Crippen LogP contribution in [0.25, 0.3) is 0 Å². The zero-order valence-corrected chi connectivity index (χ0v) is 20.5. The van der Waals surface area contributed by atoms with Crippen LogP contribution < -0.4 is 5.32 Å². The van der Waals surface area contributed by atoms with Gasteiger partial charge in [-0.15, -0.1) is 11.8 Å². The second kappa shape index (κ2) is 10.6. The molecule has 2 aromatic carbocycles. The van der Waals surface area contributed by atoms with E-state index in [-0.39, 0.29) is 17.5 Å². The number of benzene rings is 2. The SMILES string of the molecule is CC(C)CC1CCCN1C(=O)c1ccc(CSc2c(Cl)ccc3c2CCNCC3)cc1F. The first kappa shape index (κ1) is 23.6. The van der Waals surface area contributed by atoms with Crippen LogP contribution >= 0.6 is 23.4 Å². The molecule has 6 heteroatoms. The Morgan fingerprint density at radius 3 is 2.84 bits per heavy atom. The average molecular weight is 475 g/mol. The van der Waals surface area contributed by atoms with Crippen LogP contribution in [0.3, 0.4) is 0 Å². The number of halogens is 2. The zero-order chi connectivity index (χ0) is 22.7. The van der Waals surface area contributed by atoms with E-state index in [1.54, 1.807) is 17.8 Å². The summed E-state index contributed by atoms with van der Waals surface area (Å²) in [7, 11) is 0. The van der Waals surface area contributed by atoms with Crippen molar-refractivity contribution < 1.29 is 9.18 Å². The van der Waals surface area contributed by atoms with Gasteiger partial charge in [-0.25, -0.2) is 4.39 Å². The smallest absolute Gasteiger partial charge is 0.257 e. The first-order valence-electron chi connectivity index (χ1n) is 11.7. The molecule has 1 unspecified atom stereocenters. The fourth-order valence-electron chi connectivity index (χ4n) is 4.89. The Kier molecular flexibility index (Phi) is 7.80. The number of thioether (sulfide) groups is 1. The molecule has 2 aliphatic rings. The summed E-state index contributed by atoms with van der Waals surface area (Å²) in [5, 5.41) is 4.20. The van der Waals surface area contributed by atoms with Gasteiger partial charge in [-0.3, -0.25) is 4.79 Å². The maximum Gasteiger partial charge on any atom is 0.257 e. The Labute approximate surface area is 200 Å². The van der Waals surface area contributed by atoms with Crippen molar-refractivity contribution in [3.05, 3.63) is 63.4 Å². The van der Waals surface area contributed by atoms with Crippen molar-refractivity contribution in [2.24, 2.45) is 5.92 Å². The molecule has 4 rings (SSSR count). The number of carbonyl (C=O) groups excluding carboxylic acids is 1. The standard InChI is InChI=1S/C26H32ClFN2OS/c1-17(2)14-20-4-3-13-30(20)26(31)22-7-5-18(15-24(22)28)16-32-25-21-10-12-29-11-9-19(21)6-8-23(25)27/h5-8,15,17,20,29H,3-4,9-14,16H2,1-2H3. The number of carbonyl (C=O) groups is 1. The number of hydrogen-bond donors (Lipinski definition) is 1. The molecule has 1 fully saturated rings. The van der Waals surface area contributed by atoms with E-state index in [2.05, 4.69) is 25.2 Å². The van der Waals surface area contributed by atoms with Gasteiger partial charge in [0.05, 0.1) is 10.6 Å². The summed E-state index contributed by atoms with van der Waals surface area (Å²) >= 11 is 8.19. The molecule has 0 saturated carbocycles. The third kappa shape index (κ3) is 5.32. The van der Waals surface area contributed by atoms with E-state index in [0.29, 0.717) is 11.7 Å². The van der Waals surface area contributed by atoms with Crippen LogP contribution in [0.1, 0.15) is 60.2 Å². The molecule has 2 aromatic rings. The number of rotatable bonds is 6. The highest BCUT2D eigenvalue weighted by molar-refractivity contribution is 7.98.